The molecule has 0 spiro atoms. The number of benzene rings is 4. The summed E-state index contributed by atoms with van der Waals surface area (Å²) in [6.07, 6.45) is 0. The first-order valence-corrected chi connectivity index (χ1v) is 12.3. The molecule has 36 heavy (non-hydrogen) atoms. The minimum absolute atomic E-state index is 0. The summed E-state index contributed by atoms with van der Waals surface area (Å²) >= 11 is 0. The molecule has 6 rings (SSSR count). The molecule has 2 radical (unpaired) electrons. The van der Waals surface area contributed by atoms with E-state index in [0.717, 1.165) is 9.52 Å². The Kier molecular flexibility index (Phi) is 13.9. The Hall–Kier alpha value is -2.81. The van der Waals surface area contributed by atoms with Crippen molar-refractivity contribution in [2.75, 3.05) is 0 Å². The van der Waals surface area contributed by atoms with Gasteiger partial charge in [-0.25, -0.2) is 0 Å². The molecule has 0 fully saturated rings. The van der Waals surface area contributed by atoms with Crippen LogP contribution in [0.1, 0.15) is 11.1 Å². The molecule has 178 valence electrons. The monoisotopic (exact) mass is 650 g/mol. The molecule has 0 aliphatic rings. The predicted octanol–water partition coefficient (Wildman–Crippen LogP) is 7.97. The van der Waals surface area contributed by atoms with Gasteiger partial charge < -0.3 is 14.9 Å². The number of rotatable bonds is 2. The van der Waals surface area contributed by atoms with Gasteiger partial charge in [-0.05, 0) is 0 Å². The summed E-state index contributed by atoms with van der Waals surface area (Å²) in [6, 6.07) is 46.8. The molecule has 0 bridgehead atoms. The molecule has 0 atom stereocenters. The topological polar surface area (TPSA) is 0 Å². The Balaban J connectivity index is 0.000000262. The van der Waals surface area contributed by atoms with Crippen molar-refractivity contribution in [3.8, 4) is 0 Å². The van der Waals surface area contributed by atoms with E-state index in [9.17, 15) is 0 Å². The van der Waals surface area contributed by atoms with E-state index in [1.807, 2.05) is 0 Å². The first kappa shape index (κ1) is 31.2. The molecule has 0 amide bonds. The Morgan fingerprint density at radius 2 is 0.806 bits per heavy atom. The number of hydrogen-bond donors (Lipinski definition) is 0. The average molecular weight is 649 g/mol. The van der Waals surface area contributed by atoms with Crippen LogP contribution in [0.2, 0.25) is 0 Å². The van der Waals surface area contributed by atoms with Crippen LogP contribution in [0.3, 0.4) is 0 Å². The minimum atomic E-state index is 0. The maximum Gasteiger partial charge on any atom is 4.00 e. The molecular formula is C34H34HfSi. The largest absolute Gasteiger partial charge is 4.00 e. The van der Waals surface area contributed by atoms with Gasteiger partial charge in [0, 0.05) is 0 Å². The van der Waals surface area contributed by atoms with E-state index < -0.39 is 0 Å². The van der Waals surface area contributed by atoms with E-state index in [1.54, 1.807) is 0 Å². The second-order valence-electron chi connectivity index (χ2n) is 8.18. The SMILES string of the molecule is Cc1cc2ccccc2[cH-]1.Cc1cc2ccccc2[cH-]1.[CH3-].[CH3-].[Hf+4].c1ccc([Si]c2ccccc2)cc1. The molecule has 0 aliphatic carbocycles. The normalized spacial score (nSPS) is 9.39. The van der Waals surface area contributed by atoms with Crippen LogP contribution in [-0.4, -0.2) is 9.52 Å². The van der Waals surface area contributed by atoms with Gasteiger partial charge in [0.1, 0.15) is 9.52 Å². The van der Waals surface area contributed by atoms with Crippen molar-refractivity contribution in [1.29, 1.82) is 0 Å². The zero-order valence-corrected chi connectivity index (χ0v) is 26.3. The fourth-order valence-corrected chi connectivity index (χ4v) is 4.87. The van der Waals surface area contributed by atoms with Gasteiger partial charge in [0.15, 0.2) is 0 Å². The zero-order valence-electron chi connectivity index (χ0n) is 21.7. The van der Waals surface area contributed by atoms with E-state index in [0.29, 0.717) is 0 Å². The van der Waals surface area contributed by atoms with Crippen molar-refractivity contribution in [2.45, 2.75) is 13.8 Å². The molecule has 2 heteroatoms. The van der Waals surface area contributed by atoms with Gasteiger partial charge in [0.05, 0.1) is 0 Å². The van der Waals surface area contributed by atoms with E-state index in [2.05, 4.69) is 147 Å². The van der Waals surface area contributed by atoms with E-state index in [4.69, 9.17) is 0 Å². The van der Waals surface area contributed by atoms with Gasteiger partial charge in [0.2, 0.25) is 0 Å². The van der Waals surface area contributed by atoms with Crippen LogP contribution in [0.25, 0.3) is 21.5 Å². The Morgan fingerprint density at radius 3 is 1.17 bits per heavy atom. The van der Waals surface area contributed by atoms with Crippen LogP contribution in [0.5, 0.6) is 0 Å². The summed E-state index contributed by atoms with van der Waals surface area (Å²) in [4.78, 5) is 0. The fourth-order valence-electron chi connectivity index (χ4n) is 3.82. The first-order valence-electron chi connectivity index (χ1n) is 11.3. The molecule has 0 N–H and O–H groups in total. The van der Waals surface area contributed by atoms with Gasteiger partial charge in [-0.3, -0.25) is 0 Å². The van der Waals surface area contributed by atoms with E-state index >= 15 is 0 Å². The fraction of sp³-hybridized carbons (Fsp3) is 0.0588. The maximum absolute atomic E-state index is 2.20. The summed E-state index contributed by atoms with van der Waals surface area (Å²) in [5.41, 5.74) is 2.70. The van der Waals surface area contributed by atoms with Crippen LogP contribution in [0.15, 0.2) is 133 Å². The van der Waals surface area contributed by atoms with Crippen LogP contribution in [0.4, 0.5) is 0 Å². The third-order valence-electron chi connectivity index (χ3n) is 5.36. The van der Waals surface area contributed by atoms with Crippen molar-refractivity contribution in [3.05, 3.63) is 159 Å². The molecule has 0 saturated carbocycles. The third kappa shape index (κ3) is 9.33. The standard InChI is InChI=1S/C12H10Si.2C10H9.2CH3.Hf/c1-3-7-11(8-4-1)13-12-9-5-2-6-10-12;2*1-8-6-9-4-2-3-5-10(9)7-8;;;/h1-10H;2*2-7H,1H3;2*1H3;/q;4*-1;+4. The Bertz CT molecular complexity index is 1220. The molecular weight excluding hydrogens is 615 g/mol. The number of aryl methyl sites for hydroxylation is 2. The quantitative estimate of drug-likeness (QED) is 0.132. The van der Waals surface area contributed by atoms with E-state index in [1.165, 1.54) is 43.0 Å². The molecule has 0 saturated heterocycles. The Morgan fingerprint density at radius 1 is 0.472 bits per heavy atom. The number of fused-ring (bicyclic) bond motifs is 2. The van der Waals surface area contributed by atoms with E-state index in [-0.39, 0.29) is 40.7 Å². The van der Waals surface area contributed by atoms with Gasteiger partial charge in [-0.2, -0.15) is 12.1 Å². The molecule has 0 heterocycles. The Labute approximate surface area is 239 Å². The van der Waals surface area contributed by atoms with Crippen LogP contribution >= 0.6 is 0 Å². The van der Waals surface area contributed by atoms with Gasteiger partial charge in [0.25, 0.3) is 0 Å². The van der Waals surface area contributed by atoms with Gasteiger partial charge >= 0.3 is 25.8 Å². The average Bonchev–Trinajstić information content (AvgIpc) is 3.41. The second-order valence-corrected chi connectivity index (χ2v) is 9.58. The minimum Gasteiger partial charge on any atom is -0.358 e. The summed E-state index contributed by atoms with van der Waals surface area (Å²) in [7, 11) is 0.777. The smallest absolute Gasteiger partial charge is 0.358 e. The van der Waals surface area contributed by atoms with Gasteiger partial charge in [-0.15, -0.1) is 81.2 Å². The molecule has 0 nitrogen and oxygen atoms in total. The summed E-state index contributed by atoms with van der Waals surface area (Å²) in [5, 5.41) is 8.18. The number of hydrogen-bond acceptors (Lipinski definition) is 0. The zero-order chi connectivity index (χ0) is 22.9. The van der Waals surface area contributed by atoms with Crippen molar-refractivity contribution >= 4 is 41.4 Å². The van der Waals surface area contributed by atoms with Crippen LogP contribution in [0, 0.1) is 28.7 Å². The van der Waals surface area contributed by atoms with Crippen molar-refractivity contribution in [2.24, 2.45) is 0 Å². The van der Waals surface area contributed by atoms with Crippen LogP contribution < -0.4 is 10.4 Å². The molecule has 6 aromatic rings. The summed E-state index contributed by atoms with van der Waals surface area (Å²) < 4.78 is 0. The molecule has 6 aromatic carbocycles. The second kappa shape index (κ2) is 16.0. The van der Waals surface area contributed by atoms with Gasteiger partial charge in [-0.1, -0.05) is 97.0 Å². The van der Waals surface area contributed by atoms with Crippen LogP contribution in [-0.2, 0) is 25.8 Å². The maximum atomic E-state index is 2.20. The molecule has 0 unspecified atom stereocenters. The third-order valence-corrected chi connectivity index (χ3v) is 6.60. The van der Waals surface area contributed by atoms with Crippen molar-refractivity contribution in [1.82, 2.24) is 0 Å². The molecule has 0 aliphatic heterocycles. The first-order chi connectivity index (χ1) is 16.2. The van der Waals surface area contributed by atoms with Crippen molar-refractivity contribution in [3.63, 3.8) is 0 Å². The van der Waals surface area contributed by atoms with Crippen molar-refractivity contribution < 1.29 is 25.8 Å². The molecule has 0 aromatic heterocycles. The predicted molar refractivity (Wildman–Crippen MR) is 159 cm³/mol. The summed E-state index contributed by atoms with van der Waals surface area (Å²) in [5.74, 6) is 0. The summed E-state index contributed by atoms with van der Waals surface area (Å²) in [6.45, 7) is 4.25.